The fourth-order valence-corrected chi connectivity index (χ4v) is 2.84. The van der Waals surface area contributed by atoms with Gasteiger partial charge < -0.3 is 10.4 Å². The zero-order chi connectivity index (χ0) is 15.5. The van der Waals surface area contributed by atoms with Crippen LogP contribution in [0.1, 0.15) is 11.1 Å². The molecule has 3 rings (SSSR count). The number of benzene rings is 2. The summed E-state index contributed by atoms with van der Waals surface area (Å²) in [5.74, 6) is 0.0397. The number of nitrogens with zero attached hydrogens (tertiary/aromatic N) is 1. The minimum Gasteiger partial charge on any atom is -0.508 e. The zero-order valence-electron chi connectivity index (χ0n) is 11.9. The highest BCUT2D eigenvalue weighted by molar-refractivity contribution is 8.18. The number of para-hydroxylation sites is 1. The van der Waals surface area contributed by atoms with Crippen LogP contribution in [-0.4, -0.2) is 16.2 Å². The van der Waals surface area contributed by atoms with Crippen LogP contribution in [0, 0.1) is 6.92 Å². The summed E-state index contributed by atoms with van der Waals surface area (Å²) >= 11 is 1.31. The Labute approximate surface area is 132 Å². The number of phenolic OH excluding ortho intramolecular Hbond substituents is 1. The Kier molecular flexibility index (Phi) is 3.98. The van der Waals surface area contributed by atoms with E-state index in [1.54, 1.807) is 30.3 Å². The molecule has 0 saturated carbocycles. The fraction of sp³-hybridized carbons (Fsp3) is 0.0588. The van der Waals surface area contributed by atoms with E-state index in [1.165, 1.54) is 11.8 Å². The standard InChI is InChI=1S/C17H14N2O2S/c1-11-4-2-3-5-14(11)18-17-19-16(21)15(22-17)10-12-6-8-13(20)9-7-12/h2-10,20H,1H3,(H,18,19,21)/b15-10-. The van der Waals surface area contributed by atoms with Crippen LogP contribution in [0.4, 0.5) is 5.69 Å². The first-order chi connectivity index (χ1) is 10.6. The summed E-state index contributed by atoms with van der Waals surface area (Å²) in [6.07, 6.45) is 1.78. The fourth-order valence-electron chi connectivity index (χ4n) is 2.00. The first-order valence-corrected chi connectivity index (χ1v) is 7.58. The van der Waals surface area contributed by atoms with E-state index in [1.807, 2.05) is 31.2 Å². The van der Waals surface area contributed by atoms with Crippen molar-refractivity contribution in [3.8, 4) is 5.75 Å². The average molecular weight is 310 g/mol. The molecule has 0 aliphatic carbocycles. The van der Waals surface area contributed by atoms with Crippen LogP contribution in [0.5, 0.6) is 5.75 Å². The molecule has 1 fully saturated rings. The highest BCUT2D eigenvalue weighted by atomic mass is 32.2. The molecule has 0 atom stereocenters. The Morgan fingerprint density at radius 1 is 1.14 bits per heavy atom. The van der Waals surface area contributed by atoms with Gasteiger partial charge in [0.1, 0.15) is 5.75 Å². The van der Waals surface area contributed by atoms with E-state index >= 15 is 0 Å². The molecule has 4 nitrogen and oxygen atoms in total. The molecule has 1 amide bonds. The van der Waals surface area contributed by atoms with Crippen molar-refractivity contribution in [2.75, 3.05) is 0 Å². The third-order valence-electron chi connectivity index (χ3n) is 3.18. The molecule has 110 valence electrons. The van der Waals surface area contributed by atoms with Gasteiger partial charge in [-0.1, -0.05) is 30.3 Å². The van der Waals surface area contributed by atoms with Crippen LogP contribution in [0.15, 0.2) is 58.4 Å². The molecule has 0 bridgehead atoms. The maximum absolute atomic E-state index is 12.0. The summed E-state index contributed by atoms with van der Waals surface area (Å²) in [7, 11) is 0. The second-order valence-electron chi connectivity index (χ2n) is 4.86. The van der Waals surface area contributed by atoms with E-state index in [4.69, 9.17) is 0 Å². The van der Waals surface area contributed by atoms with Gasteiger partial charge in [-0.25, -0.2) is 4.99 Å². The number of carbonyl (C=O) groups excluding carboxylic acids is 1. The average Bonchev–Trinajstić information content (AvgIpc) is 2.84. The lowest BCUT2D eigenvalue weighted by atomic mass is 10.2. The second-order valence-corrected chi connectivity index (χ2v) is 5.89. The number of amides is 1. The van der Waals surface area contributed by atoms with E-state index in [2.05, 4.69) is 10.3 Å². The molecule has 1 aliphatic heterocycles. The third-order valence-corrected chi connectivity index (χ3v) is 4.09. The third kappa shape index (κ3) is 3.20. The molecule has 2 aromatic carbocycles. The molecular weight excluding hydrogens is 296 g/mol. The molecule has 0 unspecified atom stereocenters. The van der Waals surface area contributed by atoms with E-state index in [-0.39, 0.29) is 11.7 Å². The molecule has 5 heteroatoms. The van der Waals surface area contributed by atoms with Gasteiger partial charge in [0.2, 0.25) is 0 Å². The normalized spacial score (nSPS) is 18.0. The van der Waals surface area contributed by atoms with Crippen molar-refractivity contribution in [3.63, 3.8) is 0 Å². The van der Waals surface area contributed by atoms with Gasteiger partial charge >= 0.3 is 0 Å². The smallest absolute Gasteiger partial charge is 0.264 e. The molecule has 0 aromatic heterocycles. The summed E-state index contributed by atoms with van der Waals surface area (Å²) in [5, 5.41) is 12.6. The number of aliphatic imine (C=N–C) groups is 1. The molecule has 1 aliphatic rings. The number of nitrogens with one attached hydrogen (secondary N) is 1. The number of rotatable bonds is 2. The number of aryl methyl sites for hydroxylation is 1. The first kappa shape index (κ1) is 14.4. The van der Waals surface area contributed by atoms with Gasteiger partial charge in [0.15, 0.2) is 5.17 Å². The highest BCUT2D eigenvalue weighted by Crippen LogP contribution is 2.29. The number of phenols is 1. The second kappa shape index (κ2) is 6.07. The summed E-state index contributed by atoms with van der Waals surface area (Å²) in [6, 6.07) is 14.5. The first-order valence-electron chi connectivity index (χ1n) is 6.76. The van der Waals surface area contributed by atoms with Crippen molar-refractivity contribution in [1.82, 2.24) is 5.32 Å². The number of amidine groups is 1. The van der Waals surface area contributed by atoms with Gasteiger partial charge in [-0.15, -0.1) is 0 Å². The molecule has 2 N–H and O–H groups in total. The van der Waals surface area contributed by atoms with E-state index < -0.39 is 0 Å². The summed E-state index contributed by atoms with van der Waals surface area (Å²) < 4.78 is 0. The zero-order valence-corrected chi connectivity index (χ0v) is 12.7. The summed E-state index contributed by atoms with van der Waals surface area (Å²) in [6.45, 7) is 1.98. The van der Waals surface area contributed by atoms with Crippen LogP contribution in [-0.2, 0) is 4.79 Å². The van der Waals surface area contributed by atoms with E-state index in [0.717, 1.165) is 16.8 Å². The summed E-state index contributed by atoms with van der Waals surface area (Å²) in [5.41, 5.74) is 2.75. The predicted octanol–water partition coefficient (Wildman–Crippen LogP) is 3.59. The van der Waals surface area contributed by atoms with Gasteiger partial charge in [0.25, 0.3) is 5.91 Å². The van der Waals surface area contributed by atoms with Gasteiger partial charge in [-0.2, -0.15) is 0 Å². The van der Waals surface area contributed by atoms with Crippen molar-refractivity contribution in [1.29, 1.82) is 0 Å². The molecule has 0 radical (unpaired) electrons. The molecule has 0 spiro atoms. The van der Waals surface area contributed by atoms with Crippen LogP contribution in [0.3, 0.4) is 0 Å². The molecule has 22 heavy (non-hydrogen) atoms. The van der Waals surface area contributed by atoms with Gasteiger partial charge in [0.05, 0.1) is 10.6 Å². The number of hydrogen-bond acceptors (Lipinski definition) is 4. The van der Waals surface area contributed by atoms with Crippen LogP contribution in [0.25, 0.3) is 6.08 Å². The van der Waals surface area contributed by atoms with Gasteiger partial charge in [-0.3, -0.25) is 4.79 Å². The van der Waals surface area contributed by atoms with Crippen molar-refractivity contribution in [2.45, 2.75) is 6.92 Å². The van der Waals surface area contributed by atoms with Crippen LogP contribution in [0.2, 0.25) is 0 Å². The SMILES string of the molecule is Cc1ccccc1N=C1NC(=O)/C(=C/c2ccc(O)cc2)S1. The van der Waals surface area contributed by atoms with Gasteiger partial charge in [-0.05, 0) is 54.1 Å². The maximum atomic E-state index is 12.0. The van der Waals surface area contributed by atoms with Crippen molar-refractivity contribution in [2.24, 2.45) is 4.99 Å². The Hall–Kier alpha value is -2.53. The lowest BCUT2D eigenvalue weighted by Gasteiger charge is -1.99. The topological polar surface area (TPSA) is 61.7 Å². The number of thioether (sulfide) groups is 1. The largest absolute Gasteiger partial charge is 0.508 e. The molecule has 1 heterocycles. The quantitative estimate of drug-likeness (QED) is 0.833. The van der Waals surface area contributed by atoms with Crippen molar-refractivity contribution in [3.05, 3.63) is 64.6 Å². The van der Waals surface area contributed by atoms with Crippen molar-refractivity contribution < 1.29 is 9.90 Å². The Bertz CT molecular complexity index is 780. The molecular formula is C17H14N2O2S. The maximum Gasteiger partial charge on any atom is 0.264 e. The van der Waals surface area contributed by atoms with Gasteiger partial charge in [0, 0.05) is 0 Å². The Balaban J connectivity index is 1.84. The molecule has 1 saturated heterocycles. The van der Waals surface area contributed by atoms with Crippen molar-refractivity contribution >= 4 is 34.6 Å². The van der Waals surface area contributed by atoms with E-state index in [9.17, 15) is 9.90 Å². The number of hydrogen-bond donors (Lipinski definition) is 2. The number of carbonyl (C=O) groups is 1. The monoisotopic (exact) mass is 310 g/mol. The lowest BCUT2D eigenvalue weighted by molar-refractivity contribution is -0.115. The van der Waals surface area contributed by atoms with Crippen LogP contribution >= 0.6 is 11.8 Å². The highest BCUT2D eigenvalue weighted by Gasteiger charge is 2.23. The summed E-state index contributed by atoms with van der Waals surface area (Å²) in [4.78, 5) is 17.1. The predicted molar refractivity (Wildman–Crippen MR) is 90.1 cm³/mol. The Morgan fingerprint density at radius 2 is 1.86 bits per heavy atom. The minimum absolute atomic E-state index is 0.162. The number of aromatic hydroxyl groups is 1. The Morgan fingerprint density at radius 3 is 2.59 bits per heavy atom. The van der Waals surface area contributed by atoms with Crippen LogP contribution < -0.4 is 5.32 Å². The molecule has 2 aromatic rings. The minimum atomic E-state index is -0.162. The van der Waals surface area contributed by atoms with E-state index in [0.29, 0.717) is 10.1 Å². The lowest BCUT2D eigenvalue weighted by Crippen LogP contribution is -2.19.